The van der Waals surface area contributed by atoms with Crippen molar-refractivity contribution in [2.24, 2.45) is 0 Å². The van der Waals surface area contributed by atoms with E-state index in [4.69, 9.17) is 21.5 Å². The van der Waals surface area contributed by atoms with Crippen molar-refractivity contribution >= 4 is 28.9 Å². The van der Waals surface area contributed by atoms with Gasteiger partial charge in [-0.2, -0.15) is 13.2 Å². The number of rotatable bonds is 0. The Morgan fingerprint density at radius 2 is 2.17 bits per heavy atom. The molecule has 0 saturated carbocycles. The van der Waals surface area contributed by atoms with Crippen molar-refractivity contribution in [2.75, 3.05) is 0 Å². The topological polar surface area (TPSA) is 62.2 Å². The van der Waals surface area contributed by atoms with E-state index < -0.39 is 12.1 Å². The van der Waals surface area contributed by atoms with Gasteiger partial charge >= 0.3 is 12.1 Å². The molecule has 102 valence electrons. The largest absolute Gasteiger partial charge is 0.490 e. The number of nitrogens with zero attached hydrogens (tertiary/aromatic N) is 1. The predicted molar refractivity (Wildman–Crippen MR) is 60.8 cm³/mol. The molecule has 0 aromatic carbocycles. The molecule has 18 heavy (non-hydrogen) atoms. The van der Waals surface area contributed by atoms with Crippen molar-refractivity contribution in [3.63, 3.8) is 0 Å². The highest BCUT2D eigenvalue weighted by molar-refractivity contribution is 7.15. The molecule has 2 N–H and O–H groups in total. The maximum absolute atomic E-state index is 10.6. The first-order valence-corrected chi connectivity index (χ1v) is 6.07. The molecule has 1 aliphatic rings. The number of aliphatic carboxylic acids is 1. The Morgan fingerprint density at radius 3 is 2.67 bits per heavy atom. The van der Waals surface area contributed by atoms with Gasteiger partial charge in [-0.15, -0.1) is 11.3 Å². The summed E-state index contributed by atoms with van der Waals surface area (Å²) in [6.07, 6.45) is -4.07. The van der Waals surface area contributed by atoms with Gasteiger partial charge in [-0.3, -0.25) is 0 Å². The predicted octanol–water partition coefficient (Wildman–Crippen LogP) is 2.46. The van der Waals surface area contributed by atoms with E-state index in [-0.39, 0.29) is 0 Å². The SMILES string of the molecule is C[C@@H]1Cc2nc(Cl)sc2CN1.O=C(O)C(F)(F)F. The second-order valence-electron chi connectivity index (χ2n) is 3.63. The van der Waals surface area contributed by atoms with Crippen molar-refractivity contribution in [2.45, 2.75) is 32.1 Å². The summed E-state index contributed by atoms with van der Waals surface area (Å²) >= 11 is 7.36. The third-order valence-electron chi connectivity index (χ3n) is 2.11. The van der Waals surface area contributed by atoms with Gasteiger partial charge in [-0.1, -0.05) is 11.6 Å². The fourth-order valence-corrected chi connectivity index (χ4v) is 2.42. The van der Waals surface area contributed by atoms with Crippen LogP contribution in [0.3, 0.4) is 0 Å². The van der Waals surface area contributed by atoms with E-state index in [0.29, 0.717) is 10.5 Å². The quantitative estimate of drug-likeness (QED) is 0.773. The Hall–Kier alpha value is -0.860. The monoisotopic (exact) mass is 302 g/mol. The van der Waals surface area contributed by atoms with E-state index in [2.05, 4.69) is 17.2 Å². The van der Waals surface area contributed by atoms with Crippen LogP contribution in [0.15, 0.2) is 0 Å². The number of hydrogen-bond donors (Lipinski definition) is 2. The van der Waals surface area contributed by atoms with Gasteiger partial charge in [0.05, 0.1) is 5.69 Å². The molecule has 0 amide bonds. The van der Waals surface area contributed by atoms with Crippen LogP contribution in [0.2, 0.25) is 4.47 Å². The lowest BCUT2D eigenvalue weighted by molar-refractivity contribution is -0.192. The van der Waals surface area contributed by atoms with E-state index in [0.717, 1.165) is 13.0 Å². The number of alkyl halides is 3. The molecule has 1 aromatic rings. The average Bonchev–Trinajstić information content (AvgIpc) is 2.56. The van der Waals surface area contributed by atoms with Crippen LogP contribution in [0.4, 0.5) is 13.2 Å². The minimum absolute atomic E-state index is 0.542. The summed E-state index contributed by atoms with van der Waals surface area (Å²) in [6.45, 7) is 3.09. The Kier molecular flexibility index (Phi) is 4.94. The summed E-state index contributed by atoms with van der Waals surface area (Å²) in [5, 5.41) is 10.5. The summed E-state index contributed by atoms with van der Waals surface area (Å²) in [5.41, 5.74) is 1.19. The molecule has 0 unspecified atom stereocenters. The van der Waals surface area contributed by atoms with E-state index in [9.17, 15) is 13.2 Å². The van der Waals surface area contributed by atoms with Crippen molar-refractivity contribution in [3.8, 4) is 0 Å². The van der Waals surface area contributed by atoms with Crippen LogP contribution in [-0.4, -0.2) is 28.3 Å². The number of carboxylic acids is 1. The number of carbonyl (C=O) groups is 1. The lowest BCUT2D eigenvalue weighted by atomic mass is 10.1. The Bertz CT molecular complexity index is 436. The summed E-state index contributed by atoms with van der Waals surface area (Å²) < 4.78 is 32.4. The summed E-state index contributed by atoms with van der Waals surface area (Å²) in [4.78, 5) is 14.4. The van der Waals surface area contributed by atoms with Crippen molar-refractivity contribution < 1.29 is 23.1 Å². The number of halogens is 4. The van der Waals surface area contributed by atoms with Crippen molar-refractivity contribution in [1.82, 2.24) is 10.3 Å². The van der Waals surface area contributed by atoms with Gasteiger partial charge < -0.3 is 10.4 Å². The van der Waals surface area contributed by atoms with Gasteiger partial charge in [-0.05, 0) is 6.92 Å². The number of nitrogens with one attached hydrogen (secondary N) is 1. The van der Waals surface area contributed by atoms with Gasteiger partial charge in [0.2, 0.25) is 0 Å². The fraction of sp³-hybridized carbons (Fsp3) is 0.556. The lowest BCUT2D eigenvalue weighted by Crippen LogP contribution is -2.32. The molecule has 0 radical (unpaired) electrons. The molecular formula is C9H10ClF3N2O2S. The van der Waals surface area contributed by atoms with Crippen LogP contribution >= 0.6 is 22.9 Å². The summed E-state index contributed by atoms with van der Waals surface area (Å²) in [6, 6.07) is 0.542. The molecule has 0 saturated heterocycles. The lowest BCUT2D eigenvalue weighted by Gasteiger charge is -2.18. The molecule has 1 aromatic heterocycles. The smallest absolute Gasteiger partial charge is 0.475 e. The van der Waals surface area contributed by atoms with Crippen molar-refractivity contribution in [1.29, 1.82) is 0 Å². The second-order valence-corrected chi connectivity index (χ2v) is 5.29. The third-order valence-corrected chi connectivity index (χ3v) is 3.31. The first kappa shape index (κ1) is 15.2. The molecule has 1 aliphatic heterocycles. The second kappa shape index (κ2) is 5.85. The molecule has 2 heterocycles. The highest BCUT2D eigenvalue weighted by atomic mass is 35.5. The number of thiazole rings is 1. The van der Waals surface area contributed by atoms with E-state index in [1.165, 1.54) is 10.6 Å². The van der Waals surface area contributed by atoms with Crippen LogP contribution in [0.5, 0.6) is 0 Å². The fourth-order valence-electron chi connectivity index (χ4n) is 1.28. The van der Waals surface area contributed by atoms with Crippen LogP contribution in [-0.2, 0) is 17.8 Å². The molecular weight excluding hydrogens is 293 g/mol. The maximum atomic E-state index is 10.6. The molecule has 0 fully saturated rings. The first-order chi connectivity index (χ1) is 8.20. The number of fused-ring (bicyclic) bond motifs is 1. The molecule has 0 spiro atoms. The van der Waals surface area contributed by atoms with Gasteiger partial charge in [-0.25, -0.2) is 9.78 Å². The van der Waals surface area contributed by atoms with Gasteiger partial charge in [0.1, 0.15) is 0 Å². The Morgan fingerprint density at radius 1 is 1.61 bits per heavy atom. The van der Waals surface area contributed by atoms with Crippen LogP contribution < -0.4 is 5.32 Å². The van der Waals surface area contributed by atoms with Crippen LogP contribution in [0, 0.1) is 0 Å². The molecule has 0 aliphatic carbocycles. The molecule has 1 atom stereocenters. The minimum Gasteiger partial charge on any atom is -0.475 e. The molecule has 2 rings (SSSR count). The highest BCUT2D eigenvalue weighted by Gasteiger charge is 2.38. The van der Waals surface area contributed by atoms with Crippen LogP contribution in [0.1, 0.15) is 17.5 Å². The standard InChI is InChI=1S/C7H9ClN2S.C2HF3O2/c1-4-2-5-6(3-9-4)11-7(8)10-5;3-2(4,5)1(6)7/h4,9H,2-3H2,1H3;(H,6,7)/t4-;/m1./s1. The van der Waals surface area contributed by atoms with Gasteiger partial charge in [0.25, 0.3) is 0 Å². The van der Waals surface area contributed by atoms with Crippen molar-refractivity contribution in [3.05, 3.63) is 15.0 Å². The van der Waals surface area contributed by atoms with E-state index >= 15 is 0 Å². The minimum atomic E-state index is -5.08. The summed E-state index contributed by atoms with van der Waals surface area (Å²) in [7, 11) is 0. The third kappa shape index (κ3) is 4.43. The Balaban J connectivity index is 0.000000203. The Labute approximate surface area is 110 Å². The van der Waals surface area contributed by atoms with Gasteiger partial charge in [0, 0.05) is 23.9 Å². The average molecular weight is 303 g/mol. The molecule has 0 bridgehead atoms. The normalized spacial score (nSPS) is 18.6. The van der Waals surface area contributed by atoms with E-state index in [1.807, 2.05) is 0 Å². The zero-order valence-electron chi connectivity index (χ0n) is 9.21. The molecule has 4 nitrogen and oxygen atoms in total. The van der Waals surface area contributed by atoms with Gasteiger partial charge in [0.15, 0.2) is 4.47 Å². The first-order valence-electron chi connectivity index (χ1n) is 4.87. The zero-order chi connectivity index (χ0) is 13.9. The zero-order valence-corrected chi connectivity index (χ0v) is 10.8. The highest BCUT2D eigenvalue weighted by Crippen LogP contribution is 2.26. The summed E-state index contributed by atoms with van der Waals surface area (Å²) in [5.74, 6) is -2.76. The number of carboxylic acid groups (broad SMARTS) is 1. The molecule has 9 heteroatoms. The number of hydrogen-bond acceptors (Lipinski definition) is 4. The maximum Gasteiger partial charge on any atom is 0.490 e. The van der Waals surface area contributed by atoms with E-state index in [1.54, 1.807) is 11.3 Å². The van der Waals surface area contributed by atoms with Crippen LogP contribution in [0.25, 0.3) is 0 Å². The number of aromatic nitrogens is 1.